The van der Waals surface area contributed by atoms with E-state index >= 15 is 4.39 Å². The van der Waals surface area contributed by atoms with Crippen molar-refractivity contribution in [2.24, 2.45) is 11.3 Å². The number of piperidine rings is 2. The number of anilines is 2. The zero-order valence-corrected chi connectivity index (χ0v) is 32.7. The summed E-state index contributed by atoms with van der Waals surface area (Å²) in [6.45, 7) is 8.61. The normalized spacial score (nSPS) is 23.8. The van der Waals surface area contributed by atoms with Crippen LogP contribution in [0.1, 0.15) is 112 Å². The molecular weight excluding hydrogens is 728 g/mol. The Morgan fingerprint density at radius 1 is 1.02 bits per heavy atom. The van der Waals surface area contributed by atoms with Gasteiger partial charge in [-0.05, 0) is 113 Å². The highest BCUT2D eigenvalue weighted by Gasteiger charge is 2.46. The van der Waals surface area contributed by atoms with E-state index in [0.717, 1.165) is 95.0 Å². The lowest BCUT2D eigenvalue weighted by Gasteiger charge is -2.55. The molecule has 4 aromatic rings. The van der Waals surface area contributed by atoms with Crippen LogP contribution in [0.4, 0.5) is 15.9 Å². The Bertz CT molecular complexity index is 2260. The van der Waals surface area contributed by atoms with Crippen molar-refractivity contribution in [1.29, 1.82) is 0 Å². The highest BCUT2D eigenvalue weighted by atomic mass is 19.1. The van der Waals surface area contributed by atoms with Crippen LogP contribution in [0.5, 0.6) is 5.75 Å². The average molecular weight is 779 g/mol. The monoisotopic (exact) mass is 778 g/mol. The van der Waals surface area contributed by atoms with Gasteiger partial charge < -0.3 is 24.4 Å². The fourth-order valence-corrected chi connectivity index (χ4v) is 9.60. The van der Waals surface area contributed by atoms with Crippen molar-refractivity contribution in [1.82, 2.24) is 29.5 Å². The quantitative estimate of drug-likeness (QED) is 0.187. The van der Waals surface area contributed by atoms with Gasteiger partial charge in [-0.25, -0.2) is 9.37 Å². The summed E-state index contributed by atoms with van der Waals surface area (Å²) < 4.78 is 25.1. The second kappa shape index (κ2) is 15.0. The van der Waals surface area contributed by atoms with Crippen LogP contribution in [0.3, 0.4) is 0 Å². The number of ether oxygens (including phenoxy) is 1. The number of carbonyl (C=O) groups excluding carboxylic acids is 3. The molecule has 14 heteroatoms. The van der Waals surface area contributed by atoms with Crippen LogP contribution >= 0.6 is 0 Å². The van der Waals surface area contributed by atoms with E-state index < -0.39 is 11.7 Å². The van der Waals surface area contributed by atoms with Gasteiger partial charge in [0.25, 0.3) is 11.5 Å². The van der Waals surface area contributed by atoms with Crippen LogP contribution < -0.4 is 25.8 Å². The maximum Gasteiger partial charge on any atom is 0.274 e. The molecule has 3 aromatic heterocycles. The first-order valence-electron chi connectivity index (χ1n) is 20.7. The topological polar surface area (TPSA) is 144 Å². The van der Waals surface area contributed by atoms with Crippen LogP contribution in [0.25, 0.3) is 10.9 Å². The van der Waals surface area contributed by atoms with Crippen molar-refractivity contribution in [3.63, 3.8) is 0 Å². The number of likely N-dealkylation sites (tertiary alicyclic amines) is 1. The summed E-state index contributed by atoms with van der Waals surface area (Å²) in [6.07, 6.45) is 14.2. The summed E-state index contributed by atoms with van der Waals surface area (Å²) in [6, 6.07) is 9.03. The van der Waals surface area contributed by atoms with Crippen molar-refractivity contribution in [2.45, 2.75) is 102 Å². The molecule has 1 atom stereocenters. The Hall–Kier alpha value is -5.11. The fourth-order valence-electron chi connectivity index (χ4n) is 9.60. The van der Waals surface area contributed by atoms with Gasteiger partial charge in [0.05, 0.1) is 29.1 Å². The van der Waals surface area contributed by atoms with Crippen molar-refractivity contribution >= 4 is 40.1 Å². The van der Waals surface area contributed by atoms with Crippen LogP contribution in [-0.2, 0) is 9.59 Å². The smallest absolute Gasteiger partial charge is 0.274 e. The Morgan fingerprint density at radius 2 is 1.77 bits per heavy atom. The summed E-state index contributed by atoms with van der Waals surface area (Å²) in [5, 5.41) is 11.0. The van der Waals surface area contributed by atoms with Crippen molar-refractivity contribution < 1.29 is 23.5 Å². The molecule has 3 aliphatic heterocycles. The predicted octanol–water partition coefficient (Wildman–Crippen LogP) is 5.96. The minimum absolute atomic E-state index is 0.149. The third kappa shape index (κ3) is 7.68. The number of carbonyl (C=O) groups is 3. The minimum Gasteiger partial charge on any atom is -0.490 e. The molecule has 57 heavy (non-hydrogen) atoms. The number of nitrogens with zero attached hydrogens (tertiary/aromatic N) is 6. The summed E-state index contributed by atoms with van der Waals surface area (Å²) in [5.41, 5.74) is 2.02. The first-order chi connectivity index (χ1) is 27.5. The molecule has 2 saturated carbocycles. The van der Waals surface area contributed by atoms with Crippen LogP contribution in [0.2, 0.25) is 0 Å². The molecule has 5 aliphatic rings. The van der Waals surface area contributed by atoms with Crippen molar-refractivity contribution in [3.8, 4) is 5.75 Å². The van der Waals surface area contributed by atoms with Crippen molar-refractivity contribution in [2.75, 3.05) is 42.9 Å². The highest BCUT2D eigenvalue weighted by molar-refractivity contribution is 6.08. The van der Waals surface area contributed by atoms with E-state index in [2.05, 4.69) is 25.2 Å². The molecule has 1 spiro atoms. The third-order valence-electron chi connectivity index (χ3n) is 12.8. The van der Waals surface area contributed by atoms with E-state index in [1.165, 1.54) is 6.07 Å². The number of benzene rings is 1. The zero-order valence-electron chi connectivity index (χ0n) is 32.7. The summed E-state index contributed by atoms with van der Waals surface area (Å²) in [7, 11) is 0. The van der Waals surface area contributed by atoms with Gasteiger partial charge in [0, 0.05) is 75.2 Å². The Balaban J connectivity index is 0.773. The average Bonchev–Trinajstić information content (AvgIpc) is 3.93. The molecule has 3 saturated heterocycles. The molecule has 2 N–H and O–H groups in total. The molecule has 3 amide bonds. The molecule has 1 unspecified atom stereocenters. The number of hydrogen-bond donors (Lipinski definition) is 2. The molecule has 0 bridgehead atoms. The highest BCUT2D eigenvalue weighted by Crippen LogP contribution is 2.43. The predicted molar refractivity (Wildman–Crippen MR) is 213 cm³/mol. The van der Waals surface area contributed by atoms with Gasteiger partial charge in [0.15, 0.2) is 11.6 Å². The maximum atomic E-state index is 15.3. The largest absolute Gasteiger partial charge is 0.490 e. The molecule has 1 aromatic carbocycles. The molecule has 300 valence electrons. The standard InChI is InChI=1S/C43H51FN8O5/c1-26(2)57-37-20-36-29(18-33(37)41(55)46-35-4-3-15-51(42(35)56)30-9-10-30)23-52(48-36)31-7-5-27(6-8-31)22-49-24-43(25-49)13-16-50(17-14-43)39-34(44)19-28(21-45-39)32-11-12-38(53)47-40(32)54/h3-4,15,18-21,23,26-27,30-32H,5-14,16-17,22,24-25H2,1-2H3,(H,46,55)(H,47,53,54)/t27-,31-,32?. The molecule has 13 nitrogen and oxygen atoms in total. The van der Waals surface area contributed by atoms with Gasteiger partial charge in [-0.2, -0.15) is 5.10 Å². The molecule has 5 fully saturated rings. The Morgan fingerprint density at radius 3 is 2.47 bits per heavy atom. The molecule has 6 heterocycles. The first kappa shape index (κ1) is 37.5. The number of halogens is 1. The molecule has 0 radical (unpaired) electrons. The number of aromatic nitrogens is 4. The lowest BCUT2D eigenvalue weighted by Crippen LogP contribution is -2.61. The molecule has 2 aliphatic carbocycles. The van der Waals surface area contributed by atoms with Gasteiger partial charge >= 0.3 is 0 Å². The lowest BCUT2D eigenvalue weighted by molar-refractivity contribution is -0.134. The van der Waals surface area contributed by atoms with E-state index in [9.17, 15) is 19.2 Å². The maximum absolute atomic E-state index is 15.3. The second-order valence-corrected chi connectivity index (χ2v) is 17.4. The SMILES string of the molecule is CC(C)Oc1cc2nn([C@H]3CC[C@H](CN4CC5(CCN(c6ncc(C7CCC(=O)NC7=O)cc6F)CC5)C4)CC3)cc2cc1C(=O)Nc1cccn(C2CC2)c1=O. The molecule has 9 rings (SSSR count). The third-order valence-corrected chi connectivity index (χ3v) is 12.8. The van der Waals surface area contributed by atoms with E-state index in [1.807, 2.05) is 37.1 Å². The summed E-state index contributed by atoms with van der Waals surface area (Å²) in [5.74, 6) is -0.584. The van der Waals surface area contributed by atoms with Gasteiger partial charge in [0.2, 0.25) is 11.8 Å². The number of hydrogen-bond acceptors (Lipinski definition) is 9. The molecular formula is C43H51FN8O5. The summed E-state index contributed by atoms with van der Waals surface area (Å²) >= 11 is 0. The van der Waals surface area contributed by atoms with E-state index in [0.29, 0.717) is 35.0 Å². The van der Waals surface area contributed by atoms with Gasteiger partial charge in [-0.3, -0.25) is 29.2 Å². The summed E-state index contributed by atoms with van der Waals surface area (Å²) in [4.78, 5) is 59.5. The van der Waals surface area contributed by atoms with Gasteiger partial charge in [0.1, 0.15) is 11.4 Å². The number of rotatable bonds is 10. The first-order valence-corrected chi connectivity index (χ1v) is 20.7. The van der Waals surface area contributed by atoms with E-state index in [4.69, 9.17) is 9.84 Å². The zero-order chi connectivity index (χ0) is 39.4. The van der Waals surface area contributed by atoms with Crippen LogP contribution in [0, 0.1) is 17.2 Å². The lowest BCUT2D eigenvalue weighted by atomic mass is 9.71. The number of imide groups is 1. The number of pyridine rings is 2. The fraction of sp³-hybridized carbons (Fsp3) is 0.535. The van der Waals surface area contributed by atoms with Gasteiger partial charge in [-0.15, -0.1) is 0 Å². The Kier molecular flexibility index (Phi) is 9.86. The number of nitrogens with one attached hydrogen (secondary N) is 2. The number of amides is 3. The van der Waals surface area contributed by atoms with E-state index in [-0.39, 0.29) is 59.0 Å². The second-order valence-electron chi connectivity index (χ2n) is 17.4. The number of fused-ring (bicyclic) bond motifs is 1. The van der Waals surface area contributed by atoms with Gasteiger partial charge in [-0.1, -0.05) is 0 Å². The van der Waals surface area contributed by atoms with E-state index in [1.54, 1.807) is 29.1 Å². The van der Waals surface area contributed by atoms with Crippen LogP contribution in [-0.4, -0.2) is 80.8 Å². The Labute approximate surface area is 330 Å². The van der Waals surface area contributed by atoms with Crippen molar-refractivity contribution in [3.05, 3.63) is 76.2 Å². The van der Waals surface area contributed by atoms with Crippen LogP contribution in [0.15, 0.2) is 53.7 Å². The minimum atomic E-state index is -0.547.